The zero-order chi connectivity index (χ0) is 13.0. The molecule has 0 bridgehead atoms. The molecule has 0 fully saturated rings. The number of hydrogen-bond acceptors (Lipinski definition) is 3. The van der Waals surface area contributed by atoms with Crippen LogP contribution in [0.25, 0.3) is 0 Å². The van der Waals surface area contributed by atoms with E-state index in [0.29, 0.717) is 6.54 Å². The van der Waals surface area contributed by atoms with Gasteiger partial charge in [0.2, 0.25) is 5.91 Å². The molecule has 1 heterocycles. The molecular formula is C14H20N2OS. The number of nitrogens with one attached hydrogen (secondary N) is 2. The SMILES string of the molecule is CSCCC(C)NC(=O)C1CNc2ccccc21. The predicted octanol–water partition coefficient (Wildman–Crippen LogP) is 2.45. The summed E-state index contributed by atoms with van der Waals surface area (Å²) in [6.45, 7) is 2.78. The first-order chi connectivity index (χ1) is 8.72. The van der Waals surface area contributed by atoms with E-state index in [1.165, 1.54) is 0 Å². The van der Waals surface area contributed by atoms with Crippen LogP contribution in [0.15, 0.2) is 24.3 Å². The second kappa shape index (κ2) is 6.14. The highest BCUT2D eigenvalue weighted by molar-refractivity contribution is 7.98. The third kappa shape index (κ3) is 2.99. The first kappa shape index (κ1) is 13.3. The Balaban J connectivity index is 1.95. The molecule has 3 nitrogen and oxygen atoms in total. The van der Waals surface area contributed by atoms with Crippen molar-refractivity contribution in [1.82, 2.24) is 5.32 Å². The molecule has 0 aromatic heterocycles. The van der Waals surface area contributed by atoms with Gasteiger partial charge in [-0.1, -0.05) is 18.2 Å². The van der Waals surface area contributed by atoms with Gasteiger partial charge in [0.1, 0.15) is 0 Å². The van der Waals surface area contributed by atoms with E-state index in [4.69, 9.17) is 0 Å². The fourth-order valence-corrected chi connectivity index (χ4v) is 2.82. The largest absolute Gasteiger partial charge is 0.384 e. The van der Waals surface area contributed by atoms with E-state index in [-0.39, 0.29) is 17.9 Å². The number of carbonyl (C=O) groups excluding carboxylic acids is 1. The summed E-state index contributed by atoms with van der Waals surface area (Å²) in [6.07, 6.45) is 3.11. The summed E-state index contributed by atoms with van der Waals surface area (Å²) in [7, 11) is 0. The third-order valence-corrected chi connectivity index (χ3v) is 3.94. The van der Waals surface area contributed by atoms with E-state index in [0.717, 1.165) is 23.4 Å². The molecule has 1 aromatic carbocycles. The highest BCUT2D eigenvalue weighted by atomic mass is 32.2. The lowest BCUT2D eigenvalue weighted by Crippen LogP contribution is -2.37. The van der Waals surface area contributed by atoms with Crippen LogP contribution >= 0.6 is 11.8 Å². The van der Waals surface area contributed by atoms with Crippen LogP contribution in [-0.4, -0.2) is 30.5 Å². The van der Waals surface area contributed by atoms with Crippen LogP contribution in [0.1, 0.15) is 24.8 Å². The van der Waals surface area contributed by atoms with Crippen molar-refractivity contribution in [2.45, 2.75) is 25.3 Å². The Labute approximate surface area is 113 Å². The van der Waals surface area contributed by atoms with Crippen LogP contribution in [-0.2, 0) is 4.79 Å². The Morgan fingerprint density at radius 2 is 2.33 bits per heavy atom. The fourth-order valence-electron chi connectivity index (χ4n) is 2.23. The van der Waals surface area contributed by atoms with Crippen molar-refractivity contribution in [3.05, 3.63) is 29.8 Å². The van der Waals surface area contributed by atoms with Gasteiger partial charge in [-0.3, -0.25) is 4.79 Å². The van der Waals surface area contributed by atoms with Crippen LogP contribution in [0.5, 0.6) is 0 Å². The number of fused-ring (bicyclic) bond motifs is 1. The Morgan fingerprint density at radius 3 is 3.11 bits per heavy atom. The summed E-state index contributed by atoms with van der Waals surface area (Å²) in [5, 5.41) is 6.39. The summed E-state index contributed by atoms with van der Waals surface area (Å²) in [6, 6.07) is 8.29. The maximum absolute atomic E-state index is 12.2. The van der Waals surface area contributed by atoms with E-state index < -0.39 is 0 Å². The van der Waals surface area contributed by atoms with Gasteiger partial charge in [-0.2, -0.15) is 11.8 Å². The van der Waals surface area contributed by atoms with Crippen molar-refractivity contribution < 1.29 is 4.79 Å². The molecule has 98 valence electrons. The molecule has 0 spiro atoms. The van der Waals surface area contributed by atoms with Crippen LogP contribution in [0.2, 0.25) is 0 Å². The Hall–Kier alpha value is -1.16. The van der Waals surface area contributed by atoms with E-state index in [2.05, 4.69) is 23.8 Å². The average Bonchev–Trinajstić information content (AvgIpc) is 2.80. The molecule has 0 saturated heterocycles. The molecule has 2 unspecified atom stereocenters. The minimum absolute atomic E-state index is 0.0436. The van der Waals surface area contributed by atoms with Gasteiger partial charge in [-0.25, -0.2) is 0 Å². The number of para-hydroxylation sites is 1. The quantitative estimate of drug-likeness (QED) is 0.858. The Morgan fingerprint density at radius 1 is 1.56 bits per heavy atom. The smallest absolute Gasteiger partial charge is 0.229 e. The molecule has 2 rings (SSSR count). The number of rotatable bonds is 5. The van der Waals surface area contributed by atoms with Gasteiger partial charge in [0.05, 0.1) is 5.92 Å². The van der Waals surface area contributed by atoms with Crippen molar-refractivity contribution in [2.24, 2.45) is 0 Å². The van der Waals surface area contributed by atoms with Crippen molar-refractivity contribution in [3.8, 4) is 0 Å². The molecule has 0 radical (unpaired) electrons. The van der Waals surface area contributed by atoms with E-state index in [1.54, 1.807) is 0 Å². The Bertz CT molecular complexity index is 422. The zero-order valence-electron chi connectivity index (χ0n) is 10.9. The van der Waals surface area contributed by atoms with E-state index in [1.807, 2.05) is 36.0 Å². The van der Waals surface area contributed by atoms with Gasteiger partial charge in [-0.15, -0.1) is 0 Å². The van der Waals surface area contributed by atoms with Crippen molar-refractivity contribution in [2.75, 3.05) is 23.9 Å². The number of thioether (sulfide) groups is 1. The Kier molecular flexibility index (Phi) is 4.53. The van der Waals surface area contributed by atoms with Gasteiger partial charge in [-0.05, 0) is 37.0 Å². The van der Waals surface area contributed by atoms with Crippen LogP contribution in [0, 0.1) is 0 Å². The lowest BCUT2D eigenvalue weighted by molar-refractivity contribution is -0.122. The van der Waals surface area contributed by atoms with Crippen LogP contribution in [0.4, 0.5) is 5.69 Å². The number of amides is 1. The van der Waals surface area contributed by atoms with Crippen LogP contribution in [0.3, 0.4) is 0 Å². The summed E-state index contributed by atoms with van der Waals surface area (Å²) >= 11 is 1.81. The maximum atomic E-state index is 12.2. The fraction of sp³-hybridized carbons (Fsp3) is 0.500. The normalized spacial score (nSPS) is 18.9. The topological polar surface area (TPSA) is 41.1 Å². The monoisotopic (exact) mass is 264 g/mol. The standard InChI is InChI=1S/C14H20N2OS/c1-10(7-8-18-2)16-14(17)12-9-15-13-6-4-3-5-11(12)13/h3-6,10,12,15H,7-9H2,1-2H3,(H,16,17). The highest BCUT2D eigenvalue weighted by Gasteiger charge is 2.28. The summed E-state index contributed by atoms with van der Waals surface area (Å²) < 4.78 is 0. The molecule has 4 heteroatoms. The lowest BCUT2D eigenvalue weighted by atomic mass is 10.00. The molecule has 18 heavy (non-hydrogen) atoms. The van der Waals surface area contributed by atoms with E-state index >= 15 is 0 Å². The number of anilines is 1. The zero-order valence-corrected chi connectivity index (χ0v) is 11.7. The average molecular weight is 264 g/mol. The highest BCUT2D eigenvalue weighted by Crippen LogP contribution is 2.31. The number of benzene rings is 1. The van der Waals surface area contributed by atoms with Crippen molar-refractivity contribution in [1.29, 1.82) is 0 Å². The lowest BCUT2D eigenvalue weighted by Gasteiger charge is -2.16. The summed E-state index contributed by atoms with van der Waals surface area (Å²) in [5.41, 5.74) is 2.21. The van der Waals surface area contributed by atoms with Crippen molar-refractivity contribution >= 4 is 23.4 Å². The van der Waals surface area contributed by atoms with Crippen molar-refractivity contribution in [3.63, 3.8) is 0 Å². The minimum Gasteiger partial charge on any atom is -0.384 e. The maximum Gasteiger partial charge on any atom is 0.229 e. The number of carbonyl (C=O) groups is 1. The molecular weight excluding hydrogens is 244 g/mol. The molecule has 0 saturated carbocycles. The first-order valence-corrected chi connectivity index (χ1v) is 7.74. The van der Waals surface area contributed by atoms with Gasteiger partial charge < -0.3 is 10.6 Å². The molecule has 2 N–H and O–H groups in total. The third-order valence-electron chi connectivity index (χ3n) is 3.29. The second-order valence-electron chi connectivity index (χ2n) is 4.71. The number of hydrogen-bond donors (Lipinski definition) is 2. The molecule has 1 aliphatic heterocycles. The van der Waals surface area contributed by atoms with Gasteiger partial charge >= 0.3 is 0 Å². The first-order valence-electron chi connectivity index (χ1n) is 6.34. The van der Waals surface area contributed by atoms with Gasteiger partial charge in [0.25, 0.3) is 0 Å². The summed E-state index contributed by atoms with van der Waals surface area (Å²) in [4.78, 5) is 12.2. The van der Waals surface area contributed by atoms with Gasteiger partial charge in [0.15, 0.2) is 0 Å². The molecule has 1 amide bonds. The molecule has 0 aliphatic carbocycles. The second-order valence-corrected chi connectivity index (χ2v) is 5.70. The molecule has 2 atom stereocenters. The summed E-state index contributed by atoms with van der Waals surface area (Å²) in [5.74, 6) is 1.18. The molecule has 1 aromatic rings. The molecule has 1 aliphatic rings. The van der Waals surface area contributed by atoms with Gasteiger partial charge in [0, 0.05) is 18.3 Å². The minimum atomic E-state index is -0.0436. The van der Waals surface area contributed by atoms with E-state index in [9.17, 15) is 4.79 Å². The predicted molar refractivity (Wildman–Crippen MR) is 78.3 cm³/mol. The van der Waals surface area contributed by atoms with Crippen LogP contribution < -0.4 is 10.6 Å².